The highest BCUT2D eigenvalue weighted by molar-refractivity contribution is 5.87. The Kier molecular flexibility index (Phi) is 2.43. The summed E-state index contributed by atoms with van der Waals surface area (Å²) in [4.78, 5) is 4.88. The van der Waals surface area contributed by atoms with E-state index >= 15 is 0 Å². The van der Waals surface area contributed by atoms with Crippen molar-refractivity contribution in [2.75, 3.05) is 0 Å². The van der Waals surface area contributed by atoms with Crippen LogP contribution in [0.4, 0.5) is 0 Å². The molecule has 0 saturated heterocycles. The van der Waals surface area contributed by atoms with Crippen LogP contribution in [-0.2, 0) is 0 Å². The van der Waals surface area contributed by atoms with E-state index in [1.807, 2.05) is 0 Å². The number of fused-ring (bicyclic) bond motifs is 1. The Balaban J connectivity index is 1.68. The maximum absolute atomic E-state index is 6.00. The molecular weight excluding hydrogens is 186 g/mol. The lowest BCUT2D eigenvalue weighted by molar-refractivity contribution is 0.346. The van der Waals surface area contributed by atoms with Crippen LogP contribution in [0.2, 0.25) is 0 Å². The molecule has 0 aromatic carbocycles. The Hall–Kier alpha value is -0.570. The van der Waals surface area contributed by atoms with Crippen LogP contribution in [0.5, 0.6) is 0 Å². The van der Waals surface area contributed by atoms with Crippen LogP contribution >= 0.6 is 0 Å². The van der Waals surface area contributed by atoms with Gasteiger partial charge in [0.1, 0.15) is 5.84 Å². The zero-order valence-corrected chi connectivity index (χ0v) is 9.28. The number of rotatable bonds is 1. The van der Waals surface area contributed by atoms with Crippen molar-refractivity contribution in [1.82, 2.24) is 5.32 Å². The van der Waals surface area contributed by atoms with Crippen molar-refractivity contribution in [2.45, 2.75) is 63.1 Å². The van der Waals surface area contributed by atoms with Crippen molar-refractivity contribution >= 4 is 5.84 Å². The molecule has 0 aromatic rings. The normalized spacial score (nSPS) is 41.1. The van der Waals surface area contributed by atoms with Gasteiger partial charge in [0.15, 0.2) is 0 Å². The fourth-order valence-corrected chi connectivity index (χ4v) is 3.33. The molecule has 2 fully saturated rings. The molecule has 2 aliphatic carbocycles. The molecule has 3 atom stereocenters. The van der Waals surface area contributed by atoms with E-state index in [9.17, 15) is 0 Å². The van der Waals surface area contributed by atoms with Crippen molar-refractivity contribution in [3.8, 4) is 0 Å². The SMILES string of the molecule is NC1CCC2N=C(C3CCCC3)NC2C1. The lowest BCUT2D eigenvalue weighted by Gasteiger charge is -2.28. The molecule has 0 amide bonds. The fraction of sp³-hybridized carbons (Fsp3) is 0.917. The summed E-state index contributed by atoms with van der Waals surface area (Å²) in [5, 5.41) is 3.64. The molecule has 84 valence electrons. The van der Waals surface area contributed by atoms with Gasteiger partial charge in [-0.25, -0.2) is 0 Å². The zero-order valence-electron chi connectivity index (χ0n) is 9.28. The molecule has 0 radical (unpaired) electrons. The fourth-order valence-electron chi connectivity index (χ4n) is 3.33. The van der Waals surface area contributed by atoms with Gasteiger partial charge in [-0.1, -0.05) is 12.8 Å². The molecule has 3 rings (SSSR count). The number of nitrogens with zero attached hydrogens (tertiary/aromatic N) is 1. The van der Waals surface area contributed by atoms with Crippen molar-refractivity contribution in [3.63, 3.8) is 0 Å². The summed E-state index contributed by atoms with van der Waals surface area (Å²) < 4.78 is 0. The monoisotopic (exact) mass is 207 g/mol. The van der Waals surface area contributed by atoms with Crippen molar-refractivity contribution in [1.29, 1.82) is 0 Å². The molecule has 3 aliphatic rings. The molecule has 3 unspecified atom stereocenters. The minimum Gasteiger partial charge on any atom is -0.369 e. The minimum atomic E-state index is 0.400. The van der Waals surface area contributed by atoms with Crippen molar-refractivity contribution in [3.05, 3.63) is 0 Å². The van der Waals surface area contributed by atoms with Gasteiger partial charge in [-0.3, -0.25) is 4.99 Å². The van der Waals surface area contributed by atoms with Gasteiger partial charge >= 0.3 is 0 Å². The third kappa shape index (κ3) is 1.78. The van der Waals surface area contributed by atoms with E-state index in [2.05, 4.69) is 5.32 Å². The predicted molar refractivity (Wildman–Crippen MR) is 61.9 cm³/mol. The average Bonchev–Trinajstić information content (AvgIpc) is 2.84. The first-order chi connectivity index (χ1) is 7.33. The number of aliphatic imine (C=N–C) groups is 1. The molecular formula is C12H21N3. The van der Waals surface area contributed by atoms with Gasteiger partial charge in [0, 0.05) is 12.0 Å². The van der Waals surface area contributed by atoms with E-state index < -0.39 is 0 Å². The Morgan fingerprint density at radius 2 is 1.93 bits per heavy atom. The van der Waals surface area contributed by atoms with E-state index in [-0.39, 0.29) is 0 Å². The summed E-state index contributed by atoms with van der Waals surface area (Å²) in [6.45, 7) is 0. The lowest BCUT2D eigenvalue weighted by Crippen LogP contribution is -2.44. The van der Waals surface area contributed by atoms with Crippen molar-refractivity contribution < 1.29 is 0 Å². The lowest BCUT2D eigenvalue weighted by atomic mass is 9.88. The third-order valence-corrected chi connectivity index (χ3v) is 4.23. The number of hydrogen-bond acceptors (Lipinski definition) is 3. The van der Waals surface area contributed by atoms with Gasteiger partial charge < -0.3 is 11.1 Å². The van der Waals surface area contributed by atoms with E-state index in [0.717, 1.165) is 18.8 Å². The predicted octanol–water partition coefficient (Wildman–Crippen LogP) is 1.43. The maximum Gasteiger partial charge on any atom is 0.100 e. The second kappa shape index (κ2) is 3.78. The van der Waals surface area contributed by atoms with Crippen LogP contribution in [0.25, 0.3) is 0 Å². The first-order valence-corrected chi connectivity index (χ1v) is 6.43. The molecule has 1 aliphatic heterocycles. The molecule has 2 saturated carbocycles. The Morgan fingerprint density at radius 3 is 2.73 bits per heavy atom. The number of nitrogens with one attached hydrogen (secondary N) is 1. The van der Waals surface area contributed by atoms with Crippen LogP contribution in [0, 0.1) is 5.92 Å². The van der Waals surface area contributed by atoms with Gasteiger partial charge in [0.25, 0.3) is 0 Å². The number of hydrogen-bond donors (Lipinski definition) is 2. The maximum atomic E-state index is 6.00. The largest absolute Gasteiger partial charge is 0.369 e. The highest BCUT2D eigenvalue weighted by Gasteiger charge is 2.36. The topological polar surface area (TPSA) is 50.4 Å². The van der Waals surface area contributed by atoms with E-state index in [0.29, 0.717) is 18.1 Å². The van der Waals surface area contributed by atoms with Gasteiger partial charge in [0.05, 0.1) is 12.1 Å². The van der Waals surface area contributed by atoms with Gasteiger partial charge in [-0.05, 0) is 32.1 Å². The molecule has 1 heterocycles. The van der Waals surface area contributed by atoms with Crippen LogP contribution in [0.1, 0.15) is 44.9 Å². The Labute approximate surface area is 91.5 Å². The molecule has 15 heavy (non-hydrogen) atoms. The van der Waals surface area contributed by atoms with E-state index in [4.69, 9.17) is 10.7 Å². The highest BCUT2D eigenvalue weighted by atomic mass is 15.1. The van der Waals surface area contributed by atoms with Crippen LogP contribution in [0.15, 0.2) is 4.99 Å². The van der Waals surface area contributed by atoms with Gasteiger partial charge in [-0.2, -0.15) is 0 Å². The second-order valence-electron chi connectivity index (χ2n) is 5.39. The summed E-state index contributed by atoms with van der Waals surface area (Å²) in [7, 11) is 0. The molecule has 0 aromatic heterocycles. The molecule has 0 bridgehead atoms. The smallest absolute Gasteiger partial charge is 0.100 e. The third-order valence-electron chi connectivity index (χ3n) is 4.23. The number of nitrogens with two attached hydrogens (primary N) is 1. The van der Waals surface area contributed by atoms with Crippen LogP contribution in [-0.4, -0.2) is 24.0 Å². The second-order valence-corrected chi connectivity index (χ2v) is 5.39. The summed E-state index contributed by atoms with van der Waals surface area (Å²) >= 11 is 0. The quantitative estimate of drug-likeness (QED) is 0.683. The van der Waals surface area contributed by atoms with Crippen molar-refractivity contribution in [2.24, 2.45) is 16.6 Å². The average molecular weight is 207 g/mol. The summed E-state index contributed by atoms with van der Waals surface area (Å²) in [5.41, 5.74) is 6.00. The molecule has 0 spiro atoms. The first-order valence-electron chi connectivity index (χ1n) is 6.43. The van der Waals surface area contributed by atoms with Gasteiger partial charge in [-0.15, -0.1) is 0 Å². The molecule has 3 nitrogen and oxygen atoms in total. The minimum absolute atomic E-state index is 0.400. The highest BCUT2D eigenvalue weighted by Crippen LogP contribution is 2.31. The Morgan fingerprint density at radius 1 is 1.13 bits per heavy atom. The van der Waals surface area contributed by atoms with Gasteiger partial charge in [0.2, 0.25) is 0 Å². The molecule has 3 heteroatoms. The van der Waals surface area contributed by atoms with E-state index in [1.54, 1.807) is 0 Å². The summed E-state index contributed by atoms with van der Waals surface area (Å²) in [6.07, 6.45) is 8.93. The number of amidine groups is 1. The van der Waals surface area contributed by atoms with E-state index in [1.165, 1.54) is 37.9 Å². The Bertz CT molecular complexity index is 268. The summed E-state index contributed by atoms with van der Waals surface area (Å²) in [5.74, 6) is 2.06. The van der Waals surface area contributed by atoms with Crippen LogP contribution in [0.3, 0.4) is 0 Å². The summed E-state index contributed by atoms with van der Waals surface area (Å²) in [6, 6.07) is 1.50. The van der Waals surface area contributed by atoms with Crippen LogP contribution < -0.4 is 11.1 Å². The standard InChI is InChI=1S/C12H21N3/c13-9-5-6-10-11(7-9)15-12(14-10)8-3-1-2-4-8/h8-11H,1-7,13H2,(H,14,15). The molecule has 3 N–H and O–H groups in total. The first kappa shape index (κ1) is 9.64. The zero-order chi connectivity index (χ0) is 10.3.